The summed E-state index contributed by atoms with van der Waals surface area (Å²) in [4.78, 5) is 33.7. The third-order valence-corrected chi connectivity index (χ3v) is 6.44. The molecule has 170 valence electrons. The van der Waals surface area contributed by atoms with E-state index in [1.165, 1.54) is 17.3 Å². The van der Waals surface area contributed by atoms with Crippen molar-refractivity contribution < 1.29 is 4.79 Å². The second-order valence-electron chi connectivity index (χ2n) is 8.36. The van der Waals surface area contributed by atoms with Gasteiger partial charge < -0.3 is 10.3 Å². The van der Waals surface area contributed by atoms with Crippen molar-refractivity contribution in [2.45, 2.75) is 44.8 Å². The number of fused-ring (bicyclic) bond motifs is 1. The molecule has 2 heterocycles. The van der Waals surface area contributed by atoms with Crippen LogP contribution >= 0.6 is 11.8 Å². The van der Waals surface area contributed by atoms with Gasteiger partial charge >= 0.3 is 0 Å². The van der Waals surface area contributed by atoms with Crippen LogP contribution in [0.4, 0.5) is 0 Å². The minimum absolute atomic E-state index is 0.0559. The molecule has 2 aromatic heterocycles. The lowest BCUT2D eigenvalue weighted by Gasteiger charge is -2.15. The molecule has 2 N–H and O–H groups in total. The van der Waals surface area contributed by atoms with Gasteiger partial charge in [0.05, 0.1) is 17.0 Å². The third-order valence-electron chi connectivity index (χ3n) is 5.50. The Morgan fingerprint density at radius 3 is 2.58 bits per heavy atom. The minimum Gasteiger partial charge on any atom is -0.353 e. The van der Waals surface area contributed by atoms with E-state index >= 15 is 0 Å². The SMILES string of the molecule is Cc1ccc(-n2c(SCC(=O)N[C@@H](C)CCc3ccccc3)nc3cc(C)[nH]c3c2=O)cc1. The zero-order chi connectivity index (χ0) is 23.4. The van der Waals surface area contributed by atoms with Gasteiger partial charge in [0.15, 0.2) is 5.16 Å². The molecule has 1 atom stereocenters. The molecule has 7 heteroatoms. The number of aromatic nitrogens is 3. The normalized spacial score (nSPS) is 12.1. The zero-order valence-electron chi connectivity index (χ0n) is 19.1. The average Bonchev–Trinajstić information content (AvgIpc) is 3.18. The maximum Gasteiger partial charge on any atom is 0.283 e. The van der Waals surface area contributed by atoms with Gasteiger partial charge in [-0.2, -0.15) is 0 Å². The number of amides is 1. The van der Waals surface area contributed by atoms with Crippen LogP contribution in [-0.4, -0.2) is 32.2 Å². The van der Waals surface area contributed by atoms with E-state index in [9.17, 15) is 9.59 Å². The van der Waals surface area contributed by atoms with Gasteiger partial charge in [-0.05, 0) is 57.4 Å². The molecule has 1 amide bonds. The molecule has 0 saturated carbocycles. The largest absolute Gasteiger partial charge is 0.353 e. The number of aromatic amines is 1. The molecule has 6 nitrogen and oxygen atoms in total. The Kier molecular flexibility index (Phi) is 6.99. The number of carbonyl (C=O) groups is 1. The number of nitrogens with zero attached hydrogens (tertiary/aromatic N) is 2. The predicted molar refractivity (Wildman–Crippen MR) is 134 cm³/mol. The Morgan fingerprint density at radius 2 is 1.85 bits per heavy atom. The topological polar surface area (TPSA) is 79.8 Å². The van der Waals surface area contributed by atoms with Crippen molar-refractivity contribution >= 4 is 28.7 Å². The van der Waals surface area contributed by atoms with E-state index < -0.39 is 0 Å². The fourth-order valence-electron chi connectivity index (χ4n) is 3.74. The minimum atomic E-state index is -0.170. The highest BCUT2D eigenvalue weighted by molar-refractivity contribution is 7.99. The first kappa shape index (κ1) is 22.9. The lowest BCUT2D eigenvalue weighted by atomic mass is 10.1. The summed E-state index contributed by atoms with van der Waals surface area (Å²) in [6, 6.07) is 19.9. The molecule has 0 unspecified atom stereocenters. The quantitative estimate of drug-likeness (QED) is 0.298. The van der Waals surface area contributed by atoms with Gasteiger partial charge in [-0.15, -0.1) is 0 Å². The molecule has 0 spiro atoms. The molecule has 0 aliphatic carbocycles. The van der Waals surface area contributed by atoms with Gasteiger partial charge in [0.25, 0.3) is 5.56 Å². The number of H-pyrrole nitrogens is 1. The molecule has 4 rings (SSSR count). The number of nitrogens with one attached hydrogen (secondary N) is 2. The van der Waals surface area contributed by atoms with Crippen molar-refractivity contribution in [2.24, 2.45) is 0 Å². The van der Waals surface area contributed by atoms with Crippen LogP contribution in [0.2, 0.25) is 0 Å². The Labute approximate surface area is 197 Å². The molecule has 33 heavy (non-hydrogen) atoms. The molecule has 2 aromatic carbocycles. The summed E-state index contributed by atoms with van der Waals surface area (Å²) in [6.45, 7) is 5.91. The molecule has 4 aromatic rings. The Bertz CT molecular complexity index is 1310. The van der Waals surface area contributed by atoms with Crippen LogP contribution in [0, 0.1) is 13.8 Å². The molecule has 0 aliphatic heterocycles. The van der Waals surface area contributed by atoms with Gasteiger partial charge in [-0.1, -0.05) is 59.8 Å². The fourth-order valence-corrected chi connectivity index (χ4v) is 4.57. The van der Waals surface area contributed by atoms with Crippen molar-refractivity contribution in [2.75, 3.05) is 5.75 Å². The number of carbonyl (C=O) groups excluding carboxylic acids is 1. The van der Waals surface area contributed by atoms with Crippen molar-refractivity contribution in [3.63, 3.8) is 0 Å². The molecule has 0 bridgehead atoms. The lowest BCUT2D eigenvalue weighted by Crippen LogP contribution is -2.34. The molecule has 0 saturated heterocycles. The summed E-state index contributed by atoms with van der Waals surface area (Å²) in [5.41, 5.74) is 4.88. The van der Waals surface area contributed by atoms with E-state index in [-0.39, 0.29) is 23.3 Å². The van der Waals surface area contributed by atoms with E-state index in [0.717, 1.165) is 29.8 Å². The van der Waals surface area contributed by atoms with E-state index in [4.69, 9.17) is 4.98 Å². The first-order valence-corrected chi connectivity index (χ1v) is 12.0. The first-order chi connectivity index (χ1) is 15.9. The van der Waals surface area contributed by atoms with Crippen LogP contribution in [0.3, 0.4) is 0 Å². The molecular formula is C26H28N4O2S. The predicted octanol–water partition coefficient (Wildman–Crippen LogP) is 4.56. The fraction of sp³-hybridized carbons (Fsp3) is 0.269. The number of hydrogen-bond acceptors (Lipinski definition) is 4. The monoisotopic (exact) mass is 460 g/mol. The highest BCUT2D eigenvalue weighted by Gasteiger charge is 2.17. The summed E-state index contributed by atoms with van der Waals surface area (Å²) in [5.74, 6) is 0.110. The average molecular weight is 461 g/mol. The second kappa shape index (κ2) is 10.1. The van der Waals surface area contributed by atoms with E-state index in [2.05, 4.69) is 22.4 Å². The lowest BCUT2D eigenvalue weighted by molar-refractivity contribution is -0.119. The smallest absolute Gasteiger partial charge is 0.283 e. The van der Waals surface area contributed by atoms with Gasteiger partial charge in [-0.3, -0.25) is 14.2 Å². The van der Waals surface area contributed by atoms with Gasteiger partial charge in [0.2, 0.25) is 5.91 Å². The van der Waals surface area contributed by atoms with Crippen LogP contribution in [-0.2, 0) is 11.2 Å². The van der Waals surface area contributed by atoms with Crippen LogP contribution in [0.1, 0.15) is 30.2 Å². The number of hydrogen-bond donors (Lipinski definition) is 2. The number of aryl methyl sites for hydroxylation is 3. The summed E-state index contributed by atoms with van der Waals surface area (Å²) in [6.07, 6.45) is 1.77. The van der Waals surface area contributed by atoms with Crippen LogP contribution in [0.15, 0.2) is 70.6 Å². The summed E-state index contributed by atoms with van der Waals surface area (Å²) < 4.78 is 1.58. The van der Waals surface area contributed by atoms with Crippen LogP contribution in [0.25, 0.3) is 16.7 Å². The summed E-state index contributed by atoms with van der Waals surface area (Å²) >= 11 is 1.27. The Morgan fingerprint density at radius 1 is 1.12 bits per heavy atom. The van der Waals surface area contributed by atoms with Crippen molar-refractivity contribution in [3.8, 4) is 5.69 Å². The van der Waals surface area contributed by atoms with Crippen LogP contribution in [0.5, 0.6) is 0 Å². The summed E-state index contributed by atoms with van der Waals surface area (Å²) in [5, 5.41) is 3.56. The molecule has 0 aliphatic rings. The molecule has 0 radical (unpaired) electrons. The number of thioether (sulfide) groups is 1. The maximum atomic E-state index is 13.3. The standard InChI is InChI=1S/C26H28N4O2S/c1-17-9-13-21(14-10-17)30-25(32)24-22(15-19(3)28-24)29-26(30)33-16-23(31)27-18(2)11-12-20-7-5-4-6-8-20/h4-10,13-15,18,28H,11-12,16H2,1-3H3,(H,27,31)/t18-/m0/s1. The van der Waals surface area contributed by atoms with Crippen LogP contribution < -0.4 is 10.9 Å². The second-order valence-corrected chi connectivity index (χ2v) is 9.31. The Hall–Kier alpha value is -3.32. The van der Waals surface area contributed by atoms with Gasteiger partial charge in [0, 0.05) is 11.7 Å². The first-order valence-electron chi connectivity index (χ1n) is 11.1. The van der Waals surface area contributed by atoms with E-state index in [0.29, 0.717) is 16.2 Å². The maximum absolute atomic E-state index is 13.3. The number of rotatable bonds is 8. The zero-order valence-corrected chi connectivity index (χ0v) is 19.9. The molecule has 0 fully saturated rings. The van der Waals surface area contributed by atoms with E-state index in [1.807, 2.05) is 69.3 Å². The third kappa shape index (κ3) is 5.54. The van der Waals surface area contributed by atoms with E-state index in [1.54, 1.807) is 4.57 Å². The summed E-state index contributed by atoms with van der Waals surface area (Å²) in [7, 11) is 0. The highest BCUT2D eigenvalue weighted by atomic mass is 32.2. The highest BCUT2D eigenvalue weighted by Crippen LogP contribution is 2.22. The van der Waals surface area contributed by atoms with Crippen molar-refractivity contribution in [3.05, 3.63) is 87.8 Å². The number of benzene rings is 2. The molecular weight excluding hydrogens is 432 g/mol. The van der Waals surface area contributed by atoms with Gasteiger partial charge in [0.1, 0.15) is 5.52 Å². The van der Waals surface area contributed by atoms with Gasteiger partial charge in [-0.25, -0.2) is 4.98 Å². The van der Waals surface area contributed by atoms with Crippen molar-refractivity contribution in [1.29, 1.82) is 0 Å². The van der Waals surface area contributed by atoms with Crippen molar-refractivity contribution in [1.82, 2.24) is 19.9 Å². The Balaban J connectivity index is 1.49.